The van der Waals surface area contributed by atoms with Gasteiger partial charge in [-0.1, -0.05) is 59.1 Å². The van der Waals surface area contributed by atoms with Crippen LogP contribution in [0.3, 0.4) is 0 Å². The van der Waals surface area contributed by atoms with Crippen molar-refractivity contribution >= 4 is 40.7 Å². The lowest BCUT2D eigenvalue weighted by atomic mass is 10.1. The average molecular weight is 387 g/mol. The molecule has 2 aromatic carbocycles. The molecule has 0 unspecified atom stereocenters. The molecular formula is C19H16Cl2N4O. The second kappa shape index (κ2) is 8.17. The molecule has 0 atom stereocenters. The van der Waals surface area contributed by atoms with Crippen LogP contribution in [0.2, 0.25) is 10.0 Å². The number of anilines is 2. The molecule has 0 aliphatic heterocycles. The molecular weight excluding hydrogens is 371 g/mol. The van der Waals surface area contributed by atoms with E-state index in [0.717, 1.165) is 11.1 Å². The van der Waals surface area contributed by atoms with Gasteiger partial charge in [-0.2, -0.15) is 0 Å². The lowest BCUT2D eigenvalue weighted by Crippen LogP contribution is -2.23. The normalized spacial score (nSPS) is 10.4. The molecule has 0 radical (unpaired) electrons. The van der Waals surface area contributed by atoms with Gasteiger partial charge in [-0.05, 0) is 24.6 Å². The summed E-state index contributed by atoms with van der Waals surface area (Å²) in [5, 5.41) is 6.64. The fourth-order valence-electron chi connectivity index (χ4n) is 2.34. The molecule has 26 heavy (non-hydrogen) atoms. The Labute approximate surface area is 161 Å². The number of benzene rings is 2. The number of carbonyl (C=O) groups is 1. The topological polar surface area (TPSA) is 66.9 Å². The zero-order valence-corrected chi connectivity index (χ0v) is 15.5. The van der Waals surface area contributed by atoms with Crippen molar-refractivity contribution in [1.82, 2.24) is 15.3 Å². The lowest BCUT2D eigenvalue weighted by molar-refractivity contribution is 0.0950. The van der Waals surface area contributed by atoms with Gasteiger partial charge in [0.1, 0.15) is 0 Å². The number of hydrogen-bond acceptors (Lipinski definition) is 4. The summed E-state index contributed by atoms with van der Waals surface area (Å²) < 4.78 is 0. The molecule has 1 heterocycles. The summed E-state index contributed by atoms with van der Waals surface area (Å²) in [6.07, 6.45) is 2.92. The number of amides is 1. The van der Waals surface area contributed by atoms with Crippen LogP contribution in [0.1, 0.15) is 21.5 Å². The molecule has 0 spiro atoms. The highest BCUT2D eigenvalue weighted by molar-refractivity contribution is 6.43. The van der Waals surface area contributed by atoms with E-state index in [4.69, 9.17) is 23.2 Å². The maximum Gasteiger partial charge on any atom is 0.254 e. The van der Waals surface area contributed by atoms with Crippen LogP contribution >= 0.6 is 23.2 Å². The van der Waals surface area contributed by atoms with Crippen molar-refractivity contribution in [2.45, 2.75) is 13.5 Å². The van der Waals surface area contributed by atoms with Gasteiger partial charge in [0.2, 0.25) is 5.95 Å². The Hall–Kier alpha value is -2.63. The van der Waals surface area contributed by atoms with Crippen molar-refractivity contribution in [3.05, 3.63) is 81.6 Å². The van der Waals surface area contributed by atoms with Crippen LogP contribution in [0.5, 0.6) is 0 Å². The number of rotatable bonds is 5. The summed E-state index contributed by atoms with van der Waals surface area (Å²) in [5.74, 6) is 0.0863. The summed E-state index contributed by atoms with van der Waals surface area (Å²) in [7, 11) is 0. The van der Waals surface area contributed by atoms with E-state index in [2.05, 4.69) is 20.6 Å². The van der Waals surface area contributed by atoms with E-state index in [1.54, 1.807) is 18.2 Å². The smallest absolute Gasteiger partial charge is 0.254 e. The second-order valence-electron chi connectivity index (χ2n) is 5.69. The molecule has 0 aliphatic carbocycles. The van der Waals surface area contributed by atoms with E-state index >= 15 is 0 Å². The molecule has 0 fully saturated rings. The van der Waals surface area contributed by atoms with Crippen LogP contribution < -0.4 is 10.6 Å². The molecule has 2 N–H and O–H groups in total. The summed E-state index contributed by atoms with van der Waals surface area (Å²) in [6, 6.07) is 13.2. The van der Waals surface area contributed by atoms with Gasteiger partial charge in [0, 0.05) is 18.9 Å². The van der Waals surface area contributed by atoms with E-state index in [1.807, 2.05) is 31.2 Å². The zero-order valence-electron chi connectivity index (χ0n) is 14.0. The van der Waals surface area contributed by atoms with Gasteiger partial charge in [0.05, 0.1) is 21.3 Å². The molecule has 3 rings (SSSR count). The fraction of sp³-hybridized carbons (Fsp3) is 0.105. The summed E-state index contributed by atoms with van der Waals surface area (Å²) in [6.45, 7) is 2.45. The largest absolute Gasteiger partial charge is 0.348 e. The standard InChI is InChI=1S/C19H16Cl2N4O/c1-12-4-2-5-13(8-12)9-22-18(26)14-10-23-19(24-11-14)25-16-7-3-6-15(20)17(16)21/h2-8,10-11H,9H2,1H3,(H,22,26)(H,23,24,25). The highest BCUT2D eigenvalue weighted by Gasteiger charge is 2.09. The number of halogens is 2. The van der Waals surface area contributed by atoms with E-state index < -0.39 is 0 Å². The zero-order chi connectivity index (χ0) is 18.5. The Morgan fingerprint density at radius 3 is 2.54 bits per heavy atom. The molecule has 0 saturated heterocycles. The molecule has 132 valence electrons. The Kier molecular flexibility index (Phi) is 5.71. The highest BCUT2D eigenvalue weighted by Crippen LogP contribution is 2.30. The SMILES string of the molecule is Cc1cccc(CNC(=O)c2cnc(Nc3cccc(Cl)c3Cl)nc2)c1. The molecule has 7 heteroatoms. The molecule has 1 amide bonds. The van der Waals surface area contributed by atoms with Gasteiger partial charge in [-0.25, -0.2) is 9.97 Å². The Balaban J connectivity index is 1.63. The third kappa shape index (κ3) is 4.50. The minimum absolute atomic E-state index is 0.237. The van der Waals surface area contributed by atoms with Crippen LogP contribution in [0, 0.1) is 6.92 Å². The summed E-state index contributed by atoms with van der Waals surface area (Å²) in [4.78, 5) is 20.5. The Bertz CT molecular complexity index is 929. The number of nitrogens with one attached hydrogen (secondary N) is 2. The Morgan fingerprint density at radius 2 is 1.81 bits per heavy atom. The Morgan fingerprint density at radius 1 is 1.08 bits per heavy atom. The molecule has 0 aliphatic rings. The first kappa shape index (κ1) is 18.2. The molecule has 3 aromatic rings. The van der Waals surface area contributed by atoms with E-state index in [0.29, 0.717) is 33.8 Å². The van der Waals surface area contributed by atoms with Crippen LogP contribution in [-0.2, 0) is 6.54 Å². The summed E-state index contributed by atoms with van der Waals surface area (Å²) in [5.41, 5.74) is 3.15. The molecule has 0 saturated carbocycles. The minimum atomic E-state index is -0.237. The van der Waals surface area contributed by atoms with Gasteiger partial charge in [0.15, 0.2) is 0 Å². The van der Waals surface area contributed by atoms with Gasteiger partial charge in [-0.3, -0.25) is 4.79 Å². The van der Waals surface area contributed by atoms with Crippen LogP contribution in [-0.4, -0.2) is 15.9 Å². The average Bonchev–Trinajstić information content (AvgIpc) is 2.64. The maximum absolute atomic E-state index is 12.2. The van der Waals surface area contributed by atoms with Crippen molar-refractivity contribution in [2.24, 2.45) is 0 Å². The van der Waals surface area contributed by atoms with Crippen molar-refractivity contribution in [3.8, 4) is 0 Å². The van der Waals surface area contributed by atoms with Crippen LogP contribution in [0.4, 0.5) is 11.6 Å². The first-order valence-corrected chi connectivity index (χ1v) is 8.65. The summed E-state index contributed by atoms with van der Waals surface area (Å²) >= 11 is 12.1. The molecule has 0 bridgehead atoms. The monoisotopic (exact) mass is 386 g/mol. The van der Waals surface area contributed by atoms with Gasteiger partial charge in [-0.15, -0.1) is 0 Å². The van der Waals surface area contributed by atoms with Crippen molar-refractivity contribution < 1.29 is 4.79 Å². The molecule has 1 aromatic heterocycles. The third-order valence-electron chi connectivity index (χ3n) is 3.65. The number of hydrogen-bond donors (Lipinski definition) is 2. The van der Waals surface area contributed by atoms with Crippen molar-refractivity contribution in [1.29, 1.82) is 0 Å². The first-order chi connectivity index (χ1) is 12.5. The highest BCUT2D eigenvalue weighted by atomic mass is 35.5. The van der Waals surface area contributed by atoms with Crippen molar-refractivity contribution in [2.75, 3.05) is 5.32 Å². The predicted octanol–water partition coefficient (Wildman–Crippen LogP) is 4.77. The number of aryl methyl sites for hydroxylation is 1. The first-order valence-electron chi connectivity index (χ1n) is 7.90. The van der Waals surface area contributed by atoms with Crippen molar-refractivity contribution in [3.63, 3.8) is 0 Å². The van der Waals surface area contributed by atoms with E-state index in [-0.39, 0.29) is 5.91 Å². The van der Waals surface area contributed by atoms with E-state index in [9.17, 15) is 4.79 Å². The quantitative estimate of drug-likeness (QED) is 0.662. The molecule has 5 nitrogen and oxygen atoms in total. The third-order valence-corrected chi connectivity index (χ3v) is 4.47. The van der Waals surface area contributed by atoms with Crippen LogP contribution in [0.25, 0.3) is 0 Å². The number of carbonyl (C=O) groups excluding carboxylic acids is 1. The number of nitrogens with zero attached hydrogens (tertiary/aromatic N) is 2. The fourth-order valence-corrected chi connectivity index (χ4v) is 2.68. The second-order valence-corrected chi connectivity index (χ2v) is 6.48. The minimum Gasteiger partial charge on any atom is -0.348 e. The van der Waals surface area contributed by atoms with Gasteiger partial charge in [0.25, 0.3) is 5.91 Å². The lowest BCUT2D eigenvalue weighted by Gasteiger charge is -2.09. The maximum atomic E-state index is 12.2. The number of aromatic nitrogens is 2. The van der Waals surface area contributed by atoms with E-state index in [1.165, 1.54) is 12.4 Å². The predicted molar refractivity (Wildman–Crippen MR) is 104 cm³/mol. The van der Waals surface area contributed by atoms with Crippen LogP contribution in [0.15, 0.2) is 54.9 Å². The van der Waals surface area contributed by atoms with Gasteiger partial charge < -0.3 is 10.6 Å². The van der Waals surface area contributed by atoms with Gasteiger partial charge >= 0.3 is 0 Å².